The Labute approximate surface area is 162 Å². The van der Waals surface area contributed by atoms with Crippen LogP contribution in [0.1, 0.15) is 24.1 Å². The molecule has 5 nitrogen and oxygen atoms in total. The number of carbonyl (C=O) groups is 1. The number of aryl methyl sites for hydroxylation is 1. The van der Waals surface area contributed by atoms with Crippen LogP contribution in [0.2, 0.25) is 0 Å². The highest BCUT2D eigenvalue weighted by molar-refractivity contribution is 7.71. The van der Waals surface area contributed by atoms with Crippen molar-refractivity contribution in [2.75, 3.05) is 7.05 Å². The van der Waals surface area contributed by atoms with Crippen LogP contribution in [-0.2, 0) is 11.3 Å². The fraction of sp³-hybridized carbons (Fsp3) is 0.250. The lowest BCUT2D eigenvalue weighted by molar-refractivity contribution is -0.132. The third kappa shape index (κ3) is 4.14. The maximum atomic E-state index is 13.1. The van der Waals surface area contributed by atoms with Gasteiger partial charge in [0.05, 0.1) is 6.04 Å². The van der Waals surface area contributed by atoms with E-state index in [9.17, 15) is 9.18 Å². The number of aromatic amines is 1. The van der Waals surface area contributed by atoms with Gasteiger partial charge in [0.2, 0.25) is 5.91 Å². The second kappa shape index (κ2) is 7.84. The van der Waals surface area contributed by atoms with Crippen molar-refractivity contribution in [3.05, 3.63) is 70.2 Å². The first-order valence-electron chi connectivity index (χ1n) is 8.60. The molecule has 1 heterocycles. The number of carbonyl (C=O) groups excluding carboxylic acids is 1. The average Bonchev–Trinajstić information content (AvgIpc) is 3.02. The van der Waals surface area contributed by atoms with Crippen LogP contribution >= 0.6 is 12.2 Å². The molecule has 2 aromatic carbocycles. The highest BCUT2D eigenvalue weighted by Gasteiger charge is 2.20. The molecule has 0 aliphatic rings. The summed E-state index contributed by atoms with van der Waals surface area (Å²) in [7, 11) is 1.73. The van der Waals surface area contributed by atoms with Gasteiger partial charge in [-0.25, -0.2) is 4.39 Å². The van der Waals surface area contributed by atoms with Gasteiger partial charge >= 0.3 is 0 Å². The van der Waals surface area contributed by atoms with E-state index in [-0.39, 0.29) is 24.3 Å². The van der Waals surface area contributed by atoms with E-state index in [1.165, 1.54) is 12.1 Å². The van der Waals surface area contributed by atoms with Gasteiger partial charge < -0.3 is 4.90 Å². The zero-order valence-electron chi connectivity index (χ0n) is 15.4. The minimum absolute atomic E-state index is 0.0700. The van der Waals surface area contributed by atoms with Crippen LogP contribution in [0.4, 0.5) is 4.39 Å². The molecular formula is C20H21FN4OS. The molecule has 0 saturated carbocycles. The Morgan fingerprint density at radius 2 is 1.85 bits per heavy atom. The maximum Gasteiger partial charge on any atom is 0.242 e. The van der Waals surface area contributed by atoms with Gasteiger partial charge in [-0.2, -0.15) is 5.10 Å². The molecule has 0 bridgehead atoms. The molecule has 27 heavy (non-hydrogen) atoms. The Balaban J connectivity index is 1.81. The molecule has 7 heteroatoms. The van der Waals surface area contributed by atoms with Gasteiger partial charge in [-0.05, 0) is 43.8 Å². The monoisotopic (exact) mass is 384 g/mol. The topological polar surface area (TPSA) is 53.9 Å². The normalized spacial score (nSPS) is 12.0. The number of nitrogens with one attached hydrogen (secondary N) is 1. The molecule has 0 saturated heterocycles. The van der Waals surface area contributed by atoms with Crippen molar-refractivity contribution in [1.29, 1.82) is 0 Å². The number of nitrogens with zero attached hydrogens (tertiary/aromatic N) is 3. The van der Waals surface area contributed by atoms with Crippen LogP contribution in [0.25, 0.3) is 11.4 Å². The molecule has 0 fully saturated rings. The first-order chi connectivity index (χ1) is 12.9. The molecule has 1 unspecified atom stereocenters. The molecule has 1 N–H and O–H groups in total. The molecule has 140 valence electrons. The van der Waals surface area contributed by atoms with Crippen LogP contribution in [0, 0.1) is 17.5 Å². The minimum Gasteiger partial charge on any atom is -0.337 e. The van der Waals surface area contributed by atoms with Crippen LogP contribution in [0.15, 0.2) is 48.5 Å². The molecule has 0 radical (unpaired) electrons. The van der Waals surface area contributed by atoms with Crippen LogP contribution in [0.5, 0.6) is 0 Å². The van der Waals surface area contributed by atoms with E-state index >= 15 is 0 Å². The van der Waals surface area contributed by atoms with E-state index in [4.69, 9.17) is 12.2 Å². The van der Waals surface area contributed by atoms with E-state index < -0.39 is 0 Å². The van der Waals surface area contributed by atoms with Crippen molar-refractivity contribution in [1.82, 2.24) is 19.7 Å². The number of halogens is 1. The molecule has 0 spiro atoms. The van der Waals surface area contributed by atoms with Crippen LogP contribution in [-0.4, -0.2) is 32.6 Å². The fourth-order valence-corrected chi connectivity index (χ4v) is 3.01. The van der Waals surface area contributed by atoms with Crippen LogP contribution < -0.4 is 0 Å². The molecule has 1 aromatic heterocycles. The molecule has 0 aliphatic heterocycles. The van der Waals surface area contributed by atoms with Gasteiger partial charge in [-0.15, -0.1) is 0 Å². The molecule has 1 atom stereocenters. The summed E-state index contributed by atoms with van der Waals surface area (Å²) in [6, 6.07) is 13.8. The van der Waals surface area contributed by atoms with E-state index in [0.29, 0.717) is 10.6 Å². The standard InChI is InChI=1S/C20H21FN4OS/c1-13-4-6-16(7-5-13)19-22-23-20(27)25(19)12-18(26)24(3)14(2)15-8-10-17(21)11-9-15/h4-11,14H,12H2,1-3H3,(H,23,27). The Kier molecular flexibility index (Phi) is 5.51. The van der Waals surface area contributed by atoms with Gasteiger partial charge in [-0.1, -0.05) is 42.0 Å². The number of amides is 1. The van der Waals surface area contributed by atoms with Crippen molar-refractivity contribution < 1.29 is 9.18 Å². The van der Waals surface area contributed by atoms with E-state index in [1.54, 1.807) is 28.6 Å². The zero-order valence-corrected chi connectivity index (χ0v) is 16.3. The van der Waals surface area contributed by atoms with Gasteiger partial charge in [-0.3, -0.25) is 14.5 Å². The first-order valence-corrected chi connectivity index (χ1v) is 9.01. The quantitative estimate of drug-likeness (QED) is 0.668. The summed E-state index contributed by atoms with van der Waals surface area (Å²) in [4.78, 5) is 14.5. The van der Waals surface area contributed by atoms with Crippen LogP contribution in [0.3, 0.4) is 0 Å². The summed E-state index contributed by atoms with van der Waals surface area (Å²) in [5, 5.41) is 7.04. The zero-order chi connectivity index (χ0) is 19.6. The first kappa shape index (κ1) is 19.0. The van der Waals surface area contributed by atoms with Crippen molar-refractivity contribution in [3.63, 3.8) is 0 Å². The number of likely N-dealkylation sites (N-methyl/N-ethyl adjacent to an activating group) is 1. The number of H-pyrrole nitrogens is 1. The highest BCUT2D eigenvalue weighted by Crippen LogP contribution is 2.21. The summed E-state index contributed by atoms with van der Waals surface area (Å²) < 4.78 is 15.2. The fourth-order valence-electron chi connectivity index (χ4n) is 2.82. The molecule has 3 rings (SSSR count). The van der Waals surface area contributed by atoms with Gasteiger partial charge in [0.25, 0.3) is 0 Å². The second-order valence-electron chi connectivity index (χ2n) is 6.54. The molecular weight excluding hydrogens is 363 g/mol. The molecule has 1 amide bonds. The number of hydrogen-bond acceptors (Lipinski definition) is 3. The second-order valence-corrected chi connectivity index (χ2v) is 6.92. The number of benzene rings is 2. The van der Waals surface area contributed by atoms with Crippen molar-refractivity contribution in [2.45, 2.75) is 26.4 Å². The van der Waals surface area contributed by atoms with E-state index in [2.05, 4.69) is 10.2 Å². The number of rotatable bonds is 5. The third-order valence-corrected chi connectivity index (χ3v) is 5.00. The Bertz CT molecular complexity index is 992. The lowest BCUT2D eigenvalue weighted by atomic mass is 10.1. The van der Waals surface area contributed by atoms with Crippen molar-refractivity contribution in [3.8, 4) is 11.4 Å². The van der Waals surface area contributed by atoms with Gasteiger partial charge in [0.1, 0.15) is 12.4 Å². The summed E-state index contributed by atoms with van der Waals surface area (Å²) in [6.07, 6.45) is 0. The molecule has 3 aromatic rings. The number of hydrogen-bond donors (Lipinski definition) is 1. The average molecular weight is 384 g/mol. The smallest absolute Gasteiger partial charge is 0.242 e. The van der Waals surface area contributed by atoms with Gasteiger partial charge in [0, 0.05) is 12.6 Å². The molecule has 0 aliphatic carbocycles. The summed E-state index contributed by atoms with van der Waals surface area (Å²) >= 11 is 5.31. The Hall–Kier alpha value is -2.80. The van der Waals surface area contributed by atoms with E-state index in [1.807, 2.05) is 38.1 Å². The summed E-state index contributed by atoms with van der Waals surface area (Å²) in [5.41, 5.74) is 2.89. The van der Waals surface area contributed by atoms with Crippen molar-refractivity contribution >= 4 is 18.1 Å². The van der Waals surface area contributed by atoms with E-state index in [0.717, 1.165) is 16.7 Å². The maximum absolute atomic E-state index is 13.1. The summed E-state index contributed by atoms with van der Waals surface area (Å²) in [6.45, 7) is 3.98. The predicted molar refractivity (Wildman–Crippen MR) is 105 cm³/mol. The Morgan fingerprint density at radius 1 is 1.22 bits per heavy atom. The predicted octanol–water partition coefficient (Wildman–Crippen LogP) is 4.27. The lowest BCUT2D eigenvalue weighted by Gasteiger charge is -2.25. The highest BCUT2D eigenvalue weighted by atomic mass is 32.1. The minimum atomic E-state index is -0.299. The SMILES string of the molecule is Cc1ccc(-c2n[nH]c(=S)n2CC(=O)N(C)C(C)c2ccc(F)cc2)cc1. The number of aromatic nitrogens is 3. The summed E-state index contributed by atoms with van der Waals surface area (Å²) in [5.74, 6) is 0.209. The van der Waals surface area contributed by atoms with Gasteiger partial charge in [0.15, 0.2) is 10.6 Å². The van der Waals surface area contributed by atoms with Crippen molar-refractivity contribution in [2.24, 2.45) is 0 Å². The lowest BCUT2D eigenvalue weighted by Crippen LogP contribution is -2.32. The third-order valence-electron chi connectivity index (χ3n) is 4.69. The largest absolute Gasteiger partial charge is 0.337 e. The Morgan fingerprint density at radius 3 is 2.48 bits per heavy atom.